The number of rotatable bonds is 4. The molecule has 1 atom stereocenters. The zero-order valence-electron chi connectivity index (χ0n) is 15.6. The maximum absolute atomic E-state index is 12.9. The molecular weight excluding hydrogens is 364 g/mol. The fraction of sp³-hybridized carbons (Fsp3) is 0.600. The second kappa shape index (κ2) is 8.20. The summed E-state index contributed by atoms with van der Waals surface area (Å²) in [6.45, 7) is 3.26. The van der Waals surface area contributed by atoms with Crippen LogP contribution in [0, 0.1) is 11.8 Å². The maximum atomic E-state index is 12.9. The van der Waals surface area contributed by atoms with E-state index in [1.807, 2.05) is 35.4 Å². The summed E-state index contributed by atoms with van der Waals surface area (Å²) in [5, 5.41) is 0. The van der Waals surface area contributed by atoms with Gasteiger partial charge in [0, 0.05) is 42.6 Å². The second-order valence-electron chi connectivity index (χ2n) is 7.38. The van der Waals surface area contributed by atoms with Gasteiger partial charge in [-0.15, -0.1) is 11.8 Å². The highest BCUT2D eigenvalue weighted by atomic mass is 32.2. The Balaban J connectivity index is 1.33. The first-order chi connectivity index (χ1) is 13.2. The summed E-state index contributed by atoms with van der Waals surface area (Å²) in [6, 6.07) is 7.95. The van der Waals surface area contributed by atoms with Gasteiger partial charge in [-0.1, -0.05) is 0 Å². The van der Waals surface area contributed by atoms with Gasteiger partial charge in [-0.25, -0.2) is 0 Å². The number of carbonyl (C=O) groups is 2. The van der Waals surface area contributed by atoms with Crippen molar-refractivity contribution >= 4 is 29.3 Å². The Morgan fingerprint density at radius 3 is 2.41 bits per heavy atom. The molecule has 2 amide bonds. The highest BCUT2D eigenvalue weighted by Crippen LogP contribution is 2.30. The monoisotopic (exact) mass is 390 g/mol. The number of hydrogen-bond acceptors (Lipinski definition) is 5. The molecule has 0 radical (unpaired) electrons. The van der Waals surface area contributed by atoms with Crippen molar-refractivity contribution in [2.24, 2.45) is 11.8 Å². The molecule has 6 nitrogen and oxygen atoms in total. The molecule has 1 aromatic rings. The maximum Gasteiger partial charge on any atom is 0.228 e. The number of nitrogens with zero attached hydrogens (tertiary/aromatic N) is 2. The van der Waals surface area contributed by atoms with E-state index in [0.29, 0.717) is 32.1 Å². The SMILES string of the molecule is CSc1ccc(N2CC(C(=O)N3CCC(C4OCCO4)CC3)CC2=O)cc1. The Bertz CT molecular complexity index is 682. The number of thioether (sulfide) groups is 1. The van der Waals surface area contributed by atoms with Crippen LogP contribution < -0.4 is 4.90 Å². The van der Waals surface area contributed by atoms with Gasteiger partial charge in [-0.3, -0.25) is 9.59 Å². The number of benzene rings is 1. The van der Waals surface area contributed by atoms with Crippen molar-refractivity contribution in [3.63, 3.8) is 0 Å². The third-order valence-electron chi connectivity index (χ3n) is 5.74. The first-order valence-corrected chi connectivity index (χ1v) is 10.8. The van der Waals surface area contributed by atoms with Gasteiger partial charge >= 0.3 is 0 Å². The molecule has 0 aromatic heterocycles. The molecule has 146 valence electrons. The fourth-order valence-electron chi connectivity index (χ4n) is 4.18. The lowest BCUT2D eigenvalue weighted by atomic mass is 9.95. The molecule has 0 bridgehead atoms. The van der Waals surface area contributed by atoms with Crippen LogP contribution in [0.2, 0.25) is 0 Å². The van der Waals surface area contributed by atoms with Gasteiger partial charge in [0.2, 0.25) is 11.8 Å². The van der Waals surface area contributed by atoms with Crippen molar-refractivity contribution in [3.8, 4) is 0 Å². The molecule has 3 saturated heterocycles. The van der Waals surface area contributed by atoms with Crippen LogP contribution in [0.3, 0.4) is 0 Å². The van der Waals surface area contributed by atoms with Crippen LogP contribution in [0.25, 0.3) is 0 Å². The van der Waals surface area contributed by atoms with Gasteiger partial charge in [0.05, 0.1) is 19.1 Å². The number of likely N-dealkylation sites (tertiary alicyclic amines) is 1. The van der Waals surface area contributed by atoms with Crippen LogP contribution in [0.1, 0.15) is 19.3 Å². The lowest BCUT2D eigenvalue weighted by Crippen LogP contribution is -2.44. The topological polar surface area (TPSA) is 59.1 Å². The van der Waals surface area contributed by atoms with E-state index in [4.69, 9.17) is 9.47 Å². The molecule has 1 aromatic carbocycles. The minimum atomic E-state index is -0.242. The Morgan fingerprint density at radius 2 is 1.78 bits per heavy atom. The average Bonchev–Trinajstić information content (AvgIpc) is 3.38. The normalized spacial score (nSPS) is 24.8. The second-order valence-corrected chi connectivity index (χ2v) is 8.26. The Labute approximate surface area is 164 Å². The molecule has 4 rings (SSSR count). The fourth-order valence-corrected chi connectivity index (χ4v) is 4.59. The Hall–Kier alpha value is -1.57. The van der Waals surface area contributed by atoms with Gasteiger partial charge in [-0.05, 0) is 43.4 Å². The standard InChI is InChI=1S/C20H26N2O4S/c1-27-17-4-2-16(3-5-17)22-13-15(12-18(22)23)19(24)21-8-6-14(7-9-21)20-25-10-11-26-20/h2-5,14-15,20H,6-13H2,1H3. The molecule has 0 spiro atoms. The van der Waals surface area contributed by atoms with E-state index in [2.05, 4.69) is 0 Å². The van der Waals surface area contributed by atoms with Crippen molar-refractivity contribution in [3.05, 3.63) is 24.3 Å². The van der Waals surface area contributed by atoms with Gasteiger partial charge < -0.3 is 19.3 Å². The molecule has 3 fully saturated rings. The summed E-state index contributed by atoms with van der Waals surface area (Å²) in [7, 11) is 0. The summed E-state index contributed by atoms with van der Waals surface area (Å²) < 4.78 is 11.2. The minimum absolute atomic E-state index is 0.0351. The third kappa shape index (κ3) is 4.00. The van der Waals surface area contributed by atoms with E-state index in [9.17, 15) is 9.59 Å². The highest BCUT2D eigenvalue weighted by Gasteiger charge is 2.39. The van der Waals surface area contributed by atoms with Crippen LogP contribution in [0.15, 0.2) is 29.2 Å². The van der Waals surface area contributed by atoms with Gasteiger partial charge in [0.15, 0.2) is 6.29 Å². The number of carbonyl (C=O) groups excluding carboxylic acids is 2. The Kier molecular flexibility index (Phi) is 5.71. The van der Waals surface area contributed by atoms with Crippen LogP contribution in [-0.4, -0.2) is 62.1 Å². The molecule has 7 heteroatoms. The first kappa shape index (κ1) is 18.8. The lowest BCUT2D eigenvalue weighted by Gasteiger charge is -2.35. The minimum Gasteiger partial charge on any atom is -0.350 e. The summed E-state index contributed by atoms with van der Waals surface area (Å²) in [5.74, 6) is 0.271. The molecule has 3 aliphatic heterocycles. The van der Waals surface area contributed by atoms with Crippen LogP contribution in [-0.2, 0) is 19.1 Å². The third-order valence-corrected chi connectivity index (χ3v) is 6.49. The van der Waals surface area contributed by atoms with Crippen LogP contribution in [0.4, 0.5) is 5.69 Å². The predicted octanol–water partition coefficient (Wildman–Crippen LogP) is 2.37. The summed E-state index contributed by atoms with van der Waals surface area (Å²) in [5.41, 5.74) is 0.877. The summed E-state index contributed by atoms with van der Waals surface area (Å²) in [4.78, 5) is 30.2. The quantitative estimate of drug-likeness (QED) is 0.739. The van der Waals surface area contributed by atoms with E-state index in [0.717, 1.165) is 36.5 Å². The van der Waals surface area contributed by atoms with Crippen LogP contribution in [0.5, 0.6) is 0 Å². The molecule has 0 saturated carbocycles. The van der Waals surface area contributed by atoms with Crippen LogP contribution >= 0.6 is 11.8 Å². The van der Waals surface area contributed by atoms with Crippen molar-refractivity contribution in [2.75, 3.05) is 44.0 Å². The molecule has 0 N–H and O–H groups in total. The molecule has 0 aliphatic carbocycles. The zero-order chi connectivity index (χ0) is 18.8. The van der Waals surface area contributed by atoms with E-state index in [1.54, 1.807) is 16.7 Å². The highest BCUT2D eigenvalue weighted by molar-refractivity contribution is 7.98. The largest absolute Gasteiger partial charge is 0.350 e. The molecular formula is C20H26N2O4S. The van der Waals surface area contributed by atoms with Crippen molar-refractivity contribution in [1.82, 2.24) is 4.90 Å². The average molecular weight is 391 g/mol. The number of hydrogen-bond donors (Lipinski definition) is 0. The summed E-state index contributed by atoms with van der Waals surface area (Å²) in [6.07, 6.45) is 4.03. The molecule has 3 heterocycles. The van der Waals surface area contributed by atoms with Crippen molar-refractivity contribution in [2.45, 2.75) is 30.4 Å². The summed E-state index contributed by atoms with van der Waals surface area (Å²) >= 11 is 1.67. The Morgan fingerprint density at radius 1 is 1.11 bits per heavy atom. The molecule has 1 unspecified atom stereocenters. The van der Waals surface area contributed by atoms with Gasteiger partial charge in [0.1, 0.15) is 0 Å². The number of anilines is 1. The molecule has 3 aliphatic rings. The van der Waals surface area contributed by atoms with Gasteiger partial charge in [0.25, 0.3) is 0 Å². The zero-order valence-corrected chi connectivity index (χ0v) is 16.5. The number of ether oxygens (including phenoxy) is 2. The van der Waals surface area contributed by atoms with E-state index >= 15 is 0 Å². The van der Waals surface area contributed by atoms with E-state index in [-0.39, 0.29) is 24.0 Å². The number of amides is 2. The van der Waals surface area contributed by atoms with E-state index < -0.39 is 0 Å². The lowest BCUT2D eigenvalue weighted by molar-refractivity contribution is -0.140. The van der Waals surface area contributed by atoms with E-state index in [1.165, 1.54) is 0 Å². The smallest absolute Gasteiger partial charge is 0.228 e. The number of piperidine rings is 1. The predicted molar refractivity (Wildman–Crippen MR) is 104 cm³/mol. The van der Waals surface area contributed by atoms with Crippen molar-refractivity contribution < 1.29 is 19.1 Å². The van der Waals surface area contributed by atoms with Gasteiger partial charge in [-0.2, -0.15) is 0 Å². The molecule has 27 heavy (non-hydrogen) atoms. The van der Waals surface area contributed by atoms with Crippen molar-refractivity contribution in [1.29, 1.82) is 0 Å². The first-order valence-electron chi connectivity index (χ1n) is 9.62.